The van der Waals surface area contributed by atoms with E-state index in [9.17, 15) is 4.79 Å². The van der Waals surface area contributed by atoms with Crippen LogP contribution in [0.5, 0.6) is 0 Å². The topological polar surface area (TPSA) is 87.7 Å². The predicted octanol–water partition coefficient (Wildman–Crippen LogP) is -0.783. The Balaban J connectivity index is 3.62. The molecule has 0 atom stereocenters. The van der Waals surface area contributed by atoms with Crippen molar-refractivity contribution in [3.05, 3.63) is 0 Å². The Kier molecular flexibility index (Phi) is 3.38. The maximum Gasteiger partial charge on any atom is 0.223 e. The number of primary amides is 1. The van der Waals surface area contributed by atoms with Gasteiger partial charge >= 0.3 is 0 Å². The molecule has 0 bridgehead atoms. The van der Waals surface area contributed by atoms with E-state index < -0.39 is 5.91 Å². The molecule has 9 heavy (non-hydrogen) atoms. The van der Waals surface area contributed by atoms with Gasteiger partial charge in [-0.1, -0.05) is 0 Å². The zero-order valence-corrected chi connectivity index (χ0v) is 5.09. The highest BCUT2D eigenvalue weighted by atomic mass is 16.5. The highest BCUT2D eigenvalue weighted by Crippen LogP contribution is 1.80. The first-order chi connectivity index (χ1) is 4.16. The number of hydrogen-bond donors (Lipinski definition) is 3. The molecule has 0 aliphatic heterocycles. The van der Waals surface area contributed by atoms with Crippen LogP contribution in [0.4, 0.5) is 0 Å². The van der Waals surface area contributed by atoms with E-state index >= 15 is 0 Å². The summed E-state index contributed by atoms with van der Waals surface area (Å²) in [6.07, 6.45) is 0.0631. The van der Waals surface area contributed by atoms with Crippen molar-refractivity contribution in [3.63, 3.8) is 0 Å². The molecule has 0 aliphatic carbocycles. The summed E-state index contributed by atoms with van der Waals surface area (Å²) < 4.78 is 0. The monoisotopic (exact) mass is 131 g/mol. The maximum atomic E-state index is 10.1. The average molecular weight is 131 g/mol. The zero-order valence-electron chi connectivity index (χ0n) is 5.09. The van der Waals surface area contributed by atoms with E-state index in [0.717, 1.165) is 0 Å². The van der Waals surface area contributed by atoms with Crippen molar-refractivity contribution in [3.8, 4) is 0 Å². The summed E-state index contributed by atoms with van der Waals surface area (Å²) >= 11 is 0. The molecule has 0 radical (unpaired) electrons. The van der Waals surface area contributed by atoms with Gasteiger partial charge in [-0.15, -0.1) is 0 Å². The fraction of sp³-hybridized carbons (Fsp3) is 0.500. The van der Waals surface area contributed by atoms with Crippen LogP contribution in [0.2, 0.25) is 0 Å². The zero-order chi connectivity index (χ0) is 7.28. The molecule has 0 spiro atoms. The van der Waals surface area contributed by atoms with E-state index in [1.54, 1.807) is 12.5 Å². The van der Waals surface area contributed by atoms with Crippen LogP contribution >= 0.6 is 0 Å². The summed E-state index contributed by atoms with van der Waals surface area (Å²) in [5.41, 5.74) is 6.80. The first kappa shape index (κ1) is 7.90. The van der Waals surface area contributed by atoms with Gasteiger partial charge in [-0.2, -0.15) is 10.7 Å². The van der Waals surface area contributed by atoms with Gasteiger partial charge in [0.25, 0.3) is 0 Å². The second kappa shape index (κ2) is 3.85. The number of rotatable bonds is 3. The van der Waals surface area contributed by atoms with Crippen molar-refractivity contribution in [2.24, 2.45) is 10.8 Å². The van der Waals surface area contributed by atoms with Crippen molar-refractivity contribution < 1.29 is 10.0 Å². The Morgan fingerprint density at radius 3 is 2.78 bits per heavy atom. The molecular weight excluding hydrogens is 122 g/mol. The summed E-state index contributed by atoms with van der Waals surface area (Å²) in [5.74, 6) is -0.466. The predicted molar refractivity (Wildman–Crippen MR) is 31.8 cm³/mol. The number of carbonyl (C=O) groups excluding carboxylic acids is 1. The third-order valence-corrected chi connectivity index (χ3v) is 0.671. The Hall–Kier alpha value is -1.10. The van der Waals surface area contributed by atoms with E-state index in [-0.39, 0.29) is 6.42 Å². The number of hydrogen-bond acceptors (Lipinski definition) is 4. The number of nitrogens with two attached hydrogens (primary N) is 1. The van der Waals surface area contributed by atoms with Crippen molar-refractivity contribution >= 4 is 11.6 Å². The maximum absolute atomic E-state index is 10.1. The third-order valence-electron chi connectivity index (χ3n) is 0.671. The van der Waals surface area contributed by atoms with Gasteiger partial charge < -0.3 is 5.73 Å². The Labute approximate surface area is 52.5 Å². The van der Waals surface area contributed by atoms with Gasteiger partial charge in [0.15, 0.2) is 0 Å². The van der Waals surface area contributed by atoms with E-state index in [0.29, 0.717) is 5.71 Å². The van der Waals surface area contributed by atoms with Gasteiger partial charge in [0.1, 0.15) is 0 Å². The van der Waals surface area contributed by atoms with Crippen LogP contribution < -0.4 is 11.3 Å². The van der Waals surface area contributed by atoms with Crippen LogP contribution in [0.3, 0.4) is 0 Å². The van der Waals surface area contributed by atoms with Gasteiger partial charge in [0.2, 0.25) is 5.91 Å². The lowest BCUT2D eigenvalue weighted by atomic mass is 10.3. The highest BCUT2D eigenvalue weighted by molar-refractivity contribution is 5.98. The molecule has 0 aromatic carbocycles. The fourth-order valence-corrected chi connectivity index (χ4v) is 0.377. The third kappa shape index (κ3) is 4.76. The number of nitrogens with one attached hydrogen (secondary N) is 1. The molecule has 0 aromatic rings. The first-order valence-corrected chi connectivity index (χ1v) is 2.37. The summed E-state index contributed by atoms with van der Waals surface area (Å²) in [7, 11) is 0. The normalized spacial score (nSPS) is 11.1. The van der Waals surface area contributed by atoms with Crippen LogP contribution in [-0.4, -0.2) is 16.8 Å². The molecule has 0 fully saturated rings. The minimum absolute atomic E-state index is 0.0631. The van der Waals surface area contributed by atoms with Crippen molar-refractivity contribution in [1.82, 2.24) is 5.59 Å². The fourth-order valence-electron chi connectivity index (χ4n) is 0.377. The summed E-state index contributed by atoms with van der Waals surface area (Å²) in [6.45, 7) is 1.58. The highest BCUT2D eigenvalue weighted by Gasteiger charge is 1.95. The molecule has 0 heterocycles. The Bertz CT molecular complexity index is 132. The lowest BCUT2D eigenvalue weighted by Gasteiger charge is -1.92. The van der Waals surface area contributed by atoms with Crippen molar-refractivity contribution in [2.75, 3.05) is 0 Å². The number of nitrogens with zero attached hydrogens (tertiary/aromatic N) is 1. The first-order valence-electron chi connectivity index (χ1n) is 2.37. The van der Waals surface area contributed by atoms with Gasteiger partial charge in [-0.3, -0.25) is 10.0 Å². The lowest BCUT2D eigenvalue weighted by Crippen LogP contribution is -2.15. The summed E-state index contributed by atoms with van der Waals surface area (Å²) in [5, 5.41) is 11.2. The molecule has 4 N–H and O–H groups in total. The van der Waals surface area contributed by atoms with Crippen LogP contribution in [0.15, 0.2) is 5.10 Å². The molecule has 5 nitrogen and oxygen atoms in total. The van der Waals surface area contributed by atoms with Crippen molar-refractivity contribution in [1.29, 1.82) is 0 Å². The SMILES string of the molecule is CC(CC(N)=O)=NNO. The second-order valence-corrected chi connectivity index (χ2v) is 1.59. The molecule has 52 valence electrons. The Morgan fingerprint density at radius 1 is 1.89 bits per heavy atom. The molecule has 0 aliphatic rings. The molecule has 0 rings (SSSR count). The van der Waals surface area contributed by atoms with E-state index in [2.05, 4.69) is 5.10 Å². The molecule has 0 saturated heterocycles. The van der Waals surface area contributed by atoms with Crippen LogP contribution in [0, 0.1) is 0 Å². The second-order valence-electron chi connectivity index (χ2n) is 1.59. The van der Waals surface area contributed by atoms with E-state index in [4.69, 9.17) is 10.9 Å². The smallest absolute Gasteiger partial charge is 0.223 e. The number of hydrazone groups is 1. The molecule has 1 amide bonds. The van der Waals surface area contributed by atoms with Gasteiger partial charge in [0, 0.05) is 5.71 Å². The van der Waals surface area contributed by atoms with Gasteiger partial charge in [-0.25, -0.2) is 0 Å². The van der Waals surface area contributed by atoms with Gasteiger partial charge in [-0.05, 0) is 6.92 Å². The summed E-state index contributed by atoms with van der Waals surface area (Å²) in [6, 6.07) is 0. The van der Waals surface area contributed by atoms with Crippen molar-refractivity contribution in [2.45, 2.75) is 13.3 Å². The minimum Gasteiger partial charge on any atom is -0.369 e. The van der Waals surface area contributed by atoms with Crippen LogP contribution in [0.1, 0.15) is 13.3 Å². The molecule has 0 unspecified atom stereocenters. The van der Waals surface area contributed by atoms with Gasteiger partial charge in [0.05, 0.1) is 6.42 Å². The quantitative estimate of drug-likeness (QED) is 0.346. The molecule has 0 aromatic heterocycles. The molecule has 0 saturated carbocycles. The molecule has 5 heteroatoms. The largest absolute Gasteiger partial charge is 0.369 e. The number of amides is 1. The van der Waals surface area contributed by atoms with Crippen LogP contribution in [-0.2, 0) is 4.79 Å². The minimum atomic E-state index is -0.466. The van der Waals surface area contributed by atoms with Crippen LogP contribution in [0.25, 0.3) is 0 Å². The molecular formula is C4H9N3O2. The standard InChI is InChI=1S/C4H9N3O2/c1-3(6-7-9)2-4(5)8/h7,9H,2H2,1H3,(H2,5,8). The number of carbonyl (C=O) groups is 1. The average Bonchev–Trinajstić information content (AvgIpc) is 1.63. The van der Waals surface area contributed by atoms with E-state index in [1.807, 2.05) is 0 Å². The Morgan fingerprint density at radius 2 is 2.44 bits per heavy atom. The van der Waals surface area contributed by atoms with E-state index in [1.165, 1.54) is 0 Å². The summed E-state index contributed by atoms with van der Waals surface area (Å²) in [4.78, 5) is 10.1. The lowest BCUT2D eigenvalue weighted by molar-refractivity contribution is -0.116.